The zero-order valence-electron chi connectivity index (χ0n) is 23.0. The van der Waals surface area contributed by atoms with Gasteiger partial charge in [-0.05, 0) is 87.6 Å². The highest BCUT2D eigenvalue weighted by molar-refractivity contribution is 6.25. The molecule has 10 nitrogen and oxygen atoms in total. The second-order valence-corrected chi connectivity index (χ2v) is 13.0. The number of primary amides is 1. The van der Waals surface area contributed by atoms with Crippen LogP contribution in [0.1, 0.15) is 48.8 Å². The maximum Gasteiger partial charge on any atom is 0.230 e. The van der Waals surface area contributed by atoms with Crippen LogP contribution in [-0.2, 0) is 27.3 Å². The second-order valence-electron chi connectivity index (χ2n) is 13.0. The van der Waals surface area contributed by atoms with Crippen molar-refractivity contribution < 1.29 is 34.8 Å². The number of rotatable bonds is 8. The number of hydrogen-bond donors (Lipinski definition) is 5. The van der Waals surface area contributed by atoms with Gasteiger partial charge in [0, 0.05) is 37.2 Å². The number of aromatic hydroxyl groups is 1. The van der Waals surface area contributed by atoms with Gasteiger partial charge < -0.3 is 31.1 Å². The highest BCUT2D eigenvalue weighted by Crippen LogP contribution is 2.52. The molecule has 0 bridgehead atoms. The first kappa shape index (κ1) is 27.4. The summed E-state index contributed by atoms with van der Waals surface area (Å²) in [6, 6.07) is 2.51. The van der Waals surface area contributed by atoms with E-state index in [0.29, 0.717) is 24.8 Å². The van der Waals surface area contributed by atoms with Gasteiger partial charge in [-0.3, -0.25) is 19.3 Å². The third-order valence-corrected chi connectivity index (χ3v) is 9.89. The molecule has 40 heavy (non-hydrogen) atoms. The Kier molecular flexibility index (Phi) is 6.61. The van der Waals surface area contributed by atoms with Crippen LogP contribution in [0.25, 0.3) is 5.76 Å². The lowest BCUT2D eigenvalue weighted by atomic mass is 9.54. The SMILES string of the molecule is CN(C)[C@@H]1C(O)C(C(N)=O)C(=O)[C@@]2(O)C(=O)C3=C(O)c4c(O)ccc(CN(CC5CC5)CC5CC5)c4C[C@H]3C[C@@H]12. The molecule has 10 heteroatoms. The topological polar surface area (TPSA) is 165 Å². The minimum atomic E-state index is -2.64. The Labute approximate surface area is 233 Å². The first-order valence-electron chi connectivity index (χ1n) is 14.4. The third-order valence-electron chi connectivity index (χ3n) is 9.89. The Morgan fingerprint density at radius 2 is 1.70 bits per heavy atom. The second kappa shape index (κ2) is 9.65. The average molecular weight is 554 g/mol. The fraction of sp³-hybridized carbons (Fsp3) is 0.633. The van der Waals surface area contributed by atoms with Crippen molar-refractivity contribution >= 4 is 23.2 Å². The molecule has 1 aromatic carbocycles. The van der Waals surface area contributed by atoms with Gasteiger partial charge in [0.15, 0.2) is 11.4 Å². The van der Waals surface area contributed by atoms with Crippen LogP contribution in [0.4, 0.5) is 0 Å². The van der Waals surface area contributed by atoms with Crippen molar-refractivity contribution in [2.75, 3.05) is 27.2 Å². The molecule has 6 N–H and O–H groups in total. The van der Waals surface area contributed by atoms with Gasteiger partial charge in [0.25, 0.3) is 0 Å². The molecular formula is C30H39N3O7. The molecule has 6 atom stereocenters. The Balaban J connectivity index is 1.41. The number of aliphatic hydroxyl groups is 3. The fourth-order valence-electron chi connectivity index (χ4n) is 7.59. The molecule has 216 valence electrons. The Hall–Kier alpha value is -2.79. The summed E-state index contributed by atoms with van der Waals surface area (Å²) >= 11 is 0. The van der Waals surface area contributed by atoms with E-state index in [4.69, 9.17) is 5.73 Å². The molecule has 0 heterocycles. The summed E-state index contributed by atoms with van der Waals surface area (Å²) in [5, 5.41) is 45.1. The molecule has 0 aliphatic heterocycles. The van der Waals surface area contributed by atoms with Gasteiger partial charge in [-0.1, -0.05) is 6.07 Å². The lowest BCUT2D eigenvalue weighted by Crippen LogP contribution is -2.73. The molecule has 0 saturated heterocycles. The molecular weight excluding hydrogens is 514 g/mol. The van der Waals surface area contributed by atoms with E-state index in [2.05, 4.69) is 4.90 Å². The normalized spacial score (nSPS) is 33.7. The van der Waals surface area contributed by atoms with Crippen LogP contribution in [0.15, 0.2) is 17.7 Å². The first-order valence-corrected chi connectivity index (χ1v) is 14.4. The number of benzene rings is 1. The number of carbonyl (C=O) groups is 3. The van der Waals surface area contributed by atoms with Crippen molar-refractivity contribution in [2.45, 2.75) is 62.8 Å². The van der Waals surface area contributed by atoms with E-state index in [9.17, 15) is 34.8 Å². The number of nitrogens with zero attached hydrogens (tertiary/aromatic N) is 2. The molecule has 1 amide bonds. The first-order chi connectivity index (χ1) is 18.9. The zero-order valence-corrected chi connectivity index (χ0v) is 23.0. The van der Waals surface area contributed by atoms with Gasteiger partial charge in [0.05, 0.1) is 11.7 Å². The molecule has 4 fully saturated rings. The fourth-order valence-corrected chi connectivity index (χ4v) is 7.59. The van der Waals surface area contributed by atoms with E-state index in [1.807, 2.05) is 6.07 Å². The van der Waals surface area contributed by atoms with Crippen LogP contribution in [0, 0.1) is 29.6 Å². The van der Waals surface area contributed by atoms with Crippen molar-refractivity contribution in [1.82, 2.24) is 9.80 Å². The van der Waals surface area contributed by atoms with Crippen LogP contribution < -0.4 is 5.73 Å². The van der Waals surface area contributed by atoms with Gasteiger partial charge in [0.2, 0.25) is 11.7 Å². The van der Waals surface area contributed by atoms with Gasteiger partial charge in [-0.25, -0.2) is 0 Å². The summed E-state index contributed by atoms with van der Waals surface area (Å²) < 4.78 is 0. The maximum absolute atomic E-state index is 14.0. The molecule has 4 saturated carbocycles. The Bertz CT molecular complexity index is 1290. The number of ketones is 2. The van der Waals surface area contributed by atoms with Crippen LogP contribution in [0.3, 0.4) is 0 Å². The number of nitrogens with two attached hydrogens (primary N) is 1. The van der Waals surface area contributed by atoms with E-state index >= 15 is 0 Å². The summed E-state index contributed by atoms with van der Waals surface area (Å²) in [6.07, 6.45) is 3.93. The lowest BCUT2D eigenvalue weighted by molar-refractivity contribution is -0.184. The number of phenols is 1. The third kappa shape index (κ3) is 4.27. The van der Waals surface area contributed by atoms with E-state index in [-0.39, 0.29) is 23.3 Å². The molecule has 5 aliphatic carbocycles. The number of aliphatic hydroxyl groups excluding tert-OH is 2. The van der Waals surface area contributed by atoms with Crippen molar-refractivity contribution in [3.63, 3.8) is 0 Å². The highest BCUT2D eigenvalue weighted by atomic mass is 16.3. The summed E-state index contributed by atoms with van der Waals surface area (Å²) in [5.41, 5.74) is 4.60. The minimum absolute atomic E-state index is 0.114. The molecule has 5 aliphatic rings. The molecule has 0 radical (unpaired) electrons. The van der Waals surface area contributed by atoms with E-state index in [1.165, 1.54) is 31.7 Å². The van der Waals surface area contributed by atoms with Crippen LogP contribution >= 0.6 is 0 Å². The van der Waals surface area contributed by atoms with E-state index in [1.54, 1.807) is 19.0 Å². The van der Waals surface area contributed by atoms with E-state index in [0.717, 1.165) is 24.2 Å². The number of amides is 1. The number of likely N-dealkylation sites (N-methyl/N-ethyl adjacent to an activating group) is 1. The largest absolute Gasteiger partial charge is 0.507 e. The molecule has 2 unspecified atom stereocenters. The molecule has 6 rings (SSSR count). The van der Waals surface area contributed by atoms with Gasteiger partial charge in [0.1, 0.15) is 17.4 Å². The summed E-state index contributed by atoms with van der Waals surface area (Å²) in [4.78, 5) is 43.7. The van der Waals surface area contributed by atoms with Crippen LogP contribution in [0.5, 0.6) is 5.75 Å². The number of hydrogen-bond acceptors (Lipinski definition) is 9. The molecule has 0 aromatic heterocycles. The van der Waals surface area contributed by atoms with E-state index < -0.39 is 58.7 Å². The summed E-state index contributed by atoms with van der Waals surface area (Å²) in [6.45, 7) is 2.70. The molecule has 1 aromatic rings. The van der Waals surface area contributed by atoms with Gasteiger partial charge in [-0.2, -0.15) is 0 Å². The standard InChI is InChI=1S/C30H39N3O7/c1-32(2)24-19-10-17-9-18-16(13-33(11-14-3-4-14)12-15-5-6-15)7-8-20(34)22(18)25(35)21(17)27(37)30(19,40)28(38)23(26(24)36)29(31)39/h7-8,14-15,17,19,23-24,26,34-36,40H,3-6,9-13H2,1-2H3,(H2,31,39)/t17-,19-,23?,24-,26?,30-/m0/s1. The quantitative estimate of drug-likeness (QED) is 0.292. The number of Topliss-reactive ketones (excluding diaryl/α,β-unsaturated/α-hetero) is 2. The predicted octanol–water partition coefficient (Wildman–Crippen LogP) is 0.751. The Morgan fingerprint density at radius 1 is 1.07 bits per heavy atom. The van der Waals surface area contributed by atoms with Crippen molar-refractivity contribution in [3.05, 3.63) is 34.4 Å². The average Bonchev–Trinajstić information content (AvgIpc) is 3.80. The number of fused-ring (bicyclic) bond motifs is 3. The Morgan fingerprint density at radius 3 is 2.25 bits per heavy atom. The van der Waals surface area contributed by atoms with Crippen molar-refractivity contribution in [1.29, 1.82) is 0 Å². The molecule has 0 spiro atoms. The van der Waals surface area contributed by atoms with Crippen LogP contribution in [0.2, 0.25) is 0 Å². The van der Waals surface area contributed by atoms with Crippen molar-refractivity contribution in [3.8, 4) is 5.75 Å². The van der Waals surface area contributed by atoms with Crippen LogP contribution in [-0.4, -0.2) is 92.6 Å². The van der Waals surface area contributed by atoms with Crippen molar-refractivity contribution in [2.24, 2.45) is 35.3 Å². The minimum Gasteiger partial charge on any atom is -0.507 e. The highest BCUT2D eigenvalue weighted by Gasteiger charge is 2.67. The van der Waals surface area contributed by atoms with Gasteiger partial charge >= 0.3 is 0 Å². The lowest BCUT2D eigenvalue weighted by Gasteiger charge is -2.53. The maximum atomic E-state index is 14.0. The summed E-state index contributed by atoms with van der Waals surface area (Å²) in [7, 11) is 3.30. The smallest absolute Gasteiger partial charge is 0.230 e. The van der Waals surface area contributed by atoms with Gasteiger partial charge in [-0.15, -0.1) is 0 Å². The summed E-state index contributed by atoms with van der Waals surface area (Å²) in [5.74, 6) is -5.76. The zero-order chi connectivity index (χ0) is 28.7. The monoisotopic (exact) mass is 553 g/mol. The number of carbonyl (C=O) groups excluding carboxylic acids is 3. The number of phenolic OH excluding ortho intramolecular Hbond substituents is 1. The predicted molar refractivity (Wildman–Crippen MR) is 145 cm³/mol.